The Hall–Kier alpha value is -2.21. The molecule has 0 bridgehead atoms. The lowest BCUT2D eigenvalue weighted by Crippen LogP contribution is -2.16. The maximum atomic E-state index is 12.8. The van der Waals surface area contributed by atoms with E-state index in [2.05, 4.69) is 4.72 Å². The summed E-state index contributed by atoms with van der Waals surface area (Å²) in [6.45, 7) is 3.17. The molecule has 4 nitrogen and oxygen atoms in total. The second-order valence-electron chi connectivity index (χ2n) is 5.07. The van der Waals surface area contributed by atoms with Gasteiger partial charge in [-0.05, 0) is 43.2 Å². The largest absolute Gasteiger partial charge is 0.295 e. The lowest BCUT2D eigenvalue weighted by molar-refractivity contribution is 0.101. The van der Waals surface area contributed by atoms with E-state index in [0.717, 1.165) is 0 Å². The molecule has 6 heteroatoms. The first-order chi connectivity index (χ1) is 10.3. The predicted molar refractivity (Wildman–Crippen MR) is 83.8 cm³/mol. The van der Waals surface area contributed by atoms with Crippen molar-refractivity contribution in [1.82, 2.24) is 0 Å². The summed E-state index contributed by atoms with van der Waals surface area (Å²) in [5, 5.41) is 0. The molecule has 0 unspecified atom stereocenters. The first-order valence-electron chi connectivity index (χ1n) is 6.63. The standard InChI is InChI=1S/C16H16FNO3S/c1-11-3-6-14(12(2)19)9-16(11)18-22(20,21)10-13-4-7-15(17)8-5-13/h3-9,18H,10H2,1-2H3. The monoisotopic (exact) mass is 321 g/mol. The second kappa shape index (κ2) is 6.27. The summed E-state index contributed by atoms with van der Waals surface area (Å²) < 4.78 is 39.7. The SMILES string of the molecule is CC(=O)c1ccc(C)c(NS(=O)(=O)Cc2ccc(F)cc2)c1. The fourth-order valence-electron chi connectivity index (χ4n) is 1.95. The Bertz CT molecular complexity index is 799. The molecule has 1 N–H and O–H groups in total. The minimum absolute atomic E-state index is 0.140. The van der Waals surface area contributed by atoms with E-state index in [9.17, 15) is 17.6 Å². The molecule has 0 saturated carbocycles. The summed E-state index contributed by atoms with van der Waals surface area (Å²) in [5.74, 6) is -0.824. The highest BCUT2D eigenvalue weighted by molar-refractivity contribution is 7.91. The third-order valence-electron chi connectivity index (χ3n) is 3.18. The van der Waals surface area contributed by atoms with Crippen molar-refractivity contribution in [1.29, 1.82) is 0 Å². The number of halogens is 1. The van der Waals surface area contributed by atoms with Gasteiger partial charge in [0.15, 0.2) is 5.78 Å². The summed E-state index contributed by atoms with van der Waals surface area (Å²) in [6.07, 6.45) is 0. The van der Waals surface area contributed by atoms with Crippen LogP contribution < -0.4 is 4.72 Å². The number of rotatable bonds is 5. The van der Waals surface area contributed by atoms with E-state index in [0.29, 0.717) is 22.4 Å². The van der Waals surface area contributed by atoms with Crippen LogP contribution in [-0.4, -0.2) is 14.2 Å². The number of hydrogen-bond donors (Lipinski definition) is 1. The van der Waals surface area contributed by atoms with Gasteiger partial charge in [-0.3, -0.25) is 9.52 Å². The van der Waals surface area contributed by atoms with Gasteiger partial charge in [0.1, 0.15) is 5.82 Å². The lowest BCUT2D eigenvalue weighted by Gasteiger charge is -2.11. The Balaban J connectivity index is 2.23. The third-order valence-corrected chi connectivity index (χ3v) is 4.42. The van der Waals surface area contributed by atoms with Crippen LogP contribution in [0, 0.1) is 12.7 Å². The summed E-state index contributed by atoms with van der Waals surface area (Å²) in [7, 11) is -3.65. The van der Waals surface area contributed by atoms with Crippen molar-refractivity contribution < 1.29 is 17.6 Å². The average molecular weight is 321 g/mol. The van der Waals surface area contributed by atoms with Crippen LogP contribution in [0.3, 0.4) is 0 Å². The molecule has 0 aliphatic heterocycles. The highest BCUT2D eigenvalue weighted by atomic mass is 32.2. The molecule has 22 heavy (non-hydrogen) atoms. The van der Waals surface area contributed by atoms with E-state index in [1.54, 1.807) is 19.1 Å². The smallest absolute Gasteiger partial charge is 0.236 e. The Morgan fingerprint density at radius 2 is 1.77 bits per heavy atom. The Morgan fingerprint density at radius 3 is 2.36 bits per heavy atom. The molecule has 0 aliphatic carbocycles. The van der Waals surface area contributed by atoms with E-state index in [-0.39, 0.29) is 11.5 Å². The van der Waals surface area contributed by atoms with Crippen molar-refractivity contribution in [2.24, 2.45) is 0 Å². The third kappa shape index (κ3) is 4.14. The molecule has 0 amide bonds. The molecule has 0 aromatic heterocycles. The summed E-state index contributed by atoms with van der Waals surface area (Å²) >= 11 is 0. The number of nitrogens with one attached hydrogen (secondary N) is 1. The van der Waals surface area contributed by atoms with Crippen molar-refractivity contribution >= 4 is 21.5 Å². The fraction of sp³-hybridized carbons (Fsp3) is 0.188. The Labute approximate surface area is 129 Å². The number of carbonyl (C=O) groups is 1. The van der Waals surface area contributed by atoms with Crippen LogP contribution >= 0.6 is 0 Å². The van der Waals surface area contributed by atoms with Gasteiger partial charge >= 0.3 is 0 Å². The molecule has 0 saturated heterocycles. The van der Waals surface area contributed by atoms with Crippen LogP contribution in [0.1, 0.15) is 28.4 Å². The van der Waals surface area contributed by atoms with E-state index < -0.39 is 15.8 Å². The molecule has 2 aromatic carbocycles. The molecular formula is C16H16FNO3S. The van der Waals surface area contributed by atoms with Gasteiger partial charge in [-0.25, -0.2) is 12.8 Å². The maximum Gasteiger partial charge on any atom is 0.236 e. The Kier molecular flexibility index (Phi) is 4.61. The van der Waals surface area contributed by atoms with Crippen LogP contribution in [0.25, 0.3) is 0 Å². The summed E-state index contributed by atoms with van der Waals surface area (Å²) in [4.78, 5) is 11.4. The van der Waals surface area contributed by atoms with Crippen LogP contribution in [0.5, 0.6) is 0 Å². The topological polar surface area (TPSA) is 63.2 Å². The van der Waals surface area contributed by atoms with Crippen molar-refractivity contribution in [2.75, 3.05) is 4.72 Å². The van der Waals surface area contributed by atoms with Gasteiger partial charge in [0.2, 0.25) is 10.0 Å². The molecule has 0 aliphatic rings. The number of carbonyl (C=O) groups excluding carboxylic acids is 1. The maximum absolute atomic E-state index is 12.8. The molecule has 0 fully saturated rings. The highest BCUT2D eigenvalue weighted by Gasteiger charge is 2.14. The number of benzene rings is 2. The normalized spacial score (nSPS) is 11.2. The van der Waals surface area contributed by atoms with Crippen molar-refractivity contribution in [3.8, 4) is 0 Å². The van der Waals surface area contributed by atoms with Gasteiger partial charge < -0.3 is 0 Å². The lowest BCUT2D eigenvalue weighted by atomic mass is 10.1. The molecule has 0 atom stereocenters. The number of aryl methyl sites for hydroxylation is 1. The first-order valence-corrected chi connectivity index (χ1v) is 8.28. The quantitative estimate of drug-likeness (QED) is 0.860. The number of sulfonamides is 1. The second-order valence-corrected chi connectivity index (χ2v) is 6.80. The average Bonchev–Trinajstić information content (AvgIpc) is 2.43. The van der Waals surface area contributed by atoms with Crippen LogP contribution in [0.2, 0.25) is 0 Å². The van der Waals surface area contributed by atoms with Crippen LogP contribution in [-0.2, 0) is 15.8 Å². The molecule has 2 rings (SSSR count). The predicted octanol–water partition coefficient (Wildman–Crippen LogP) is 3.28. The highest BCUT2D eigenvalue weighted by Crippen LogP contribution is 2.20. The van der Waals surface area contributed by atoms with Gasteiger partial charge in [-0.15, -0.1) is 0 Å². The fourth-order valence-corrected chi connectivity index (χ4v) is 3.21. The van der Waals surface area contributed by atoms with E-state index in [1.165, 1.54) is 37.3 Å². The van der Waals surface area contributed by atoms with Gasteiger partial charge in [0.25, 0.3) is 0 Å². The minimum atomic E-state index is -3.65. The van der Waals surface area contributed by atoms with E-state index in [4.69, 9.17) is 0 Å². The number of ketones is 1. The summed E-state index contributed by atoms with van der Waals surface area (Å²) in [5.41, 5.74) is 2.00. The molecule has 0 heterocycles. The van der Waals surface area contributed by atoms with Gasteiger partial charge in [0, 0.05) is 5.56 Å². The number of Topliss-reactive ketones (excluding diaryl/α,β-unsaturated/α-hetero) is 1. The number of anilines is 1. The number of hydrogen-bond acceptors (Lipinski definition) is 3. The summed E-state index contributed by atoms with van der Waals surface area (Å²) in [6, 6.07) is 10.1. The van der Waals surface area contributed by atoms with Crippen molar-refractivity contribution in [3.05, 3.63) is 65.0 Å². The molecule has 2 aromatic rings. The zero-order valence-corrected chi connectivity index (χ0v) is 13.1. The van der Waals surface area contributed by atoms with Gasteiger partial charge in [0.05, 0.1) is 11.4 Å². The van der Waals surface area contributed by atoms with Gasteiger partial charge in [-0.2, -0.15) is 0 Å². The minimum Gasteiger partial charge on any atom is -0.295 e. The van der Waals surface area contributed by atoms with E-state index in [1.807, 2.05) is 0 Å². The molecule has 0 spiro atoms. The molecular weight excluding hydrogens is 305 g/mol. The zero-order valence-electron chi connectivity index (χ0n) is 12.3. The zero-order chi connectivity index (χ0) is 16.3. The Morgan fingerprint density at radius 1 is 1.14 bits per heavy atom. The van der Waals surface area contributed by atoms with E-state index >= 15 is 0 Å². The van der Waals surface area contributed by atoms with Crippen LogP contribution in [0.4, 0.5) is 10.1 Å². The molecule has 116 valence electrons. The molecule has 0 radical (unpaired) electrons. The van der Waals surface area contributed by atoms with Crippen molar-refractivity contribution in [3.63, 3.8) is 0 Å². The van der Waals surface area contributed by atoms with Crippen molar-refractivity contribution in [2.45, 2.75) is 19.6 Å². The van der Waals surface area contributed by atoms with Gasteiger partial charge in [-0.1, -0.05) is 24.3 Å². The van der Waals surface area contributed by atoms with Crippen LogP contribution in [0.15, 0.2) is 42.5 Å². The first kappa shape index (κ1) is 16.2.